The zero-order valence-electron chi connectivity index (χ0n) is 19.9. The van der Waals surface area contributed by atoms with E-state index >= 15 is 0 Å². The summed E-state index contributed by atoms with van der Waals surface area (Å²) in [4.78, 5) is 61.8. The monoisotopic (exact) mass is 509 g/mol. The zero-order chi connectivity index (χ0) is 26.7. The molecule has 1 aliphatic rings. The number of H-pyrrole nitrogens is 1. The summed E-state index contributed by atoms with van der Waals surface area (Å²) in [5.74, 6) is -1.60. The Hall–Kier alpha value is -4.58. The van der Waals surface area contributed by atoms with Crippen LogP contribution in [-0.2, 0) is 9.47 Å². The lowest BCUT2D eigenvalue weighted by Gasteiger charge is -2.17. The second kappa shape index (κ2) is 10.6. The third-order valence-electron chi connectivity index (χ3n) is 6.00. The van der Waals surface area contributed by atoms with Crippen LogP contribution in [0.2, 0.25) is 0 Å². The molecule has 3 aromatic rings. The number of nitrogens with one attached hydrogen (secondary N) is 1. The van der Waals surface area contributed by atoms with Crippen LogP contribution in [0.15, 0.2) is 64.3 Å². The number of hydrogen-bond donors (Lipinski definition) is 1. The molecule has 4 rings (SSSR count). The number of aromatic amines is 1. The number of nitro benzene ring substituents is 1. The van der Waals surface area contributed by atoms with Gasteiger partial charge in [-0.1, -0.05) is 19.1 Å². The minimum atomic E-state index is -0.834. The molecule has 1 saturated heterocycles. The maximum atomic E-state index is 12.8. The van der Waals surface area contributed by atoms with Crippen LogP contribution < -0.4 is 16.0 Å². The second-order valence-electron chi connectivity index (χ2n) is 8.61. The van der Waals surface area contributed by atoms with Crippen LogP contribution in [0.1, 0.15) is 45.9 Å². The molecule has 12 heteroatoms. The van der Waals surface area contributed by atoms with E-state index in [0.717, 1.165) is 0 Å². The van der Waals surface area contributed by atoms with E-state index in [1.165, 1.54) is 47.2 Å². The first kappa shape index (κ1) is 25.5. The number of rotatable bonds is 7. The first-order chi connectivity index (χ1) is 17.6. The highest BCUT2D eigenvalue weighted by Crippen LogP contribution is 2.32. The Kier molecular flexibility index (Phi) is 7.30. The summed E-state index contributed by atoms with van der Waals surface area (Å²) in [6.45, 7) is 3.34. The molecule has 1 N–H and O–H groups in total. The molecule has 12 nitrogen and oxygen atoms in total. The van der Waals surface area contributed by atoms with Gasteiger partial charge in [0.25, 0.3) is 11.2 Å². The van der Waals surface area contributed by atoms with Gasteiger partial charge in [-0.05, 0) is 43.5 Å². The maximum absolute atomic E-state index is 12.8. The summed E-state index contributed by atoms with van der Waals surface area (Å²) in [5, 5.41) is 10.8. The number of ether oxygens (including phenoxy) is 3. The average Bonchev–Trinajstić information content (AvgIpc) is 3.25. The molecule has 0 aliphatic carbocycles. The van der Waals surface area contributed by atoms with Gasteiger partial charge in [-0.2, -0.15) is 0 Å². The fraction of sp³-hybridized carbons (Fsp3) is 0.280. The van der Waals surface area contributed by atoms with Crippen molar-refractivity contribution in [3.05, 3.63) is 102 Å². The van der Waals surface area contributed by atoms with E-state index in [-0.39, 0.29) is 35.1 Å². The lowest BCUT2D eigenvalue weighted by atomic mass is 10.0. The van der Waals surface area contributed by atoms with Crippen molar-refractivity contribution in [2.75, 3.05) is 6.61 Å². The molecule has 1 aliphatic heterocycles. The summed E-state index contributed by atoms with van der Waals surface area (Å²) in [7, 11) is 0. The molecular formula is C25H23N3O9. The van der Waals surface area contributed by atoms with Gasteiger partial charge in [-0.25, -0.2) is 14.4 Å². The molecule has 1 aromatic heterocycles. The van der Waals surface area contributed by atoms with Crippen molar-refractivity contribution in [3.63, 3.8) is 0 Å². The van der Waals surface area contributed by atoms with E-state index < -0.39 is 40.4 Å². The molecule has 0 radical (unpaired) electrons. The Morgan fingerprint density at radius 3 is 2.41 bits per heavy atom. The molecule has 2 heterocycles. The van der Waals surface area contributed by atoms with Crippen molar-refractivity contribution in [2.45, 2.75) is 32.6 Å². The first-order valence-electron chi connectivity index (χ1n) is 11.3. The minimum Gasteiger partial charge on any atom is -0.459 e. The summed E-state index contributed by atoms with van der Waals surface area (Å²) in [6, 6.07) is 10.9. The molecule has 192 valence electrons. The van der Waals surface area contributed by atoms with E-state index in [1.807, 2.05) is 6.92 Å². The Bertz CT molecular complexity index is 1460. The SMILES string of the molecule is Cc1cn([C@H]2C[C@@H](C)[C@@H](COC(=O)c3ccccc3C(=O)Oc3ccc([N+](=O)[O-])cc3)O2)c(=O)[nH]c1=O. The molecule has 2 aromatic carbocycles. The zero-order valence-corrected chi connectivity index (χ0v) is 19.9. The van der Waals surface area contributed by atoms with E-state index in [2.05, 4.69) is 4.98 Å². The molecular weight excluding hydrogens is 486 g/mol. The number of non-ortho nitro benzene ring substituents is 1. The van der Waals surface area contributed by atoms with Crippen LogP contribution in [0.5, 0.6) is 5.75 Å². The number of carbonyl (C=O) groups is 2. The number of nitro groups is 1. The van der Waals surface area contributed by atoms with Gasteiger partial charge in [-0.3, -0.25) is 24.5 Å². The molecule has 0 bridgehead atoms. The molecule has 0 amide bonds. The van der Waals surface area contributed by atoms with Crippen LogP contribution >= 0.6 is 0 Å². The Labute approximate surface area is 209 Å². The van der Waals surface area contributed by atoms with E-state index in [4.69, 9.17) is 14.2 Å². The lowest BCUT2D eigenvalue weighted by molar-refractivity contribution is -0.384. The fourth-order valence-electron chi connectivity index (χ4n) is 3.92. The molecule has 0 spiro atoms. The van der Waals surface area contributed by atoms with Gasteiger partial charge in [0.05, 0.1) is 22.2 Å². The van der Waals surface area contributed by atoms with Crippen molar-refractivity contribution < 1.29 is 28.7 Å². The summed E-state index contributed by atoms with van der Waals surface area (Å²) in [5.41, 5.74) is -0.921. The smallest absolute Gasteiger partial charge is 0.344 e. The molecule has 0 unspecified atom stereocenters. The largest absolute Gasteiger partial charge is 0.459 e. The van der Waals surface area contributed by atoms with Crippen LogP contribution in [0.3, 0.4) is 0 Å². The highest BCUT2D eigenvalue weighted by molar-refractivity contribution is 6.03. The van der Waals surface area contributed by atoms with Crippen LogP contribution in [0.4, 0.5) is 5.69 Å². The van der Waals surface area contributed by atoms with Gasteiger partial charge in [0.15, 0.2) is 0 Å². The summed E-state index contributed by atoms with van der Waals surface area (Å²) < 4.78 is 17.9. The van der Waals surface area contributed by atoms with Gasteiger partial charge < -0.3 is 14.2 Å². The number of carbonyl (C=O) groups excluding carboxylic acids is 2. The van der Waals surface area contributed by atoms with Crippen LogP contribution in [-0.4, -0.2) is 39.1 Å². The summed E-state index contributed by atoms with van der Waals surface area (Å²) in [6.07, 6.45) is 0.740. The number of benzene rings is 2. The van der Waals surface area contributed by atoms with Gasteiger partial charge >= 0.3 is 17.6 Å². The van der Waals surface area contributed by atoms with Crippen LogP contribution in [0, 0.1) is 23.0 Å². The van der Waals surface area contributed by atoms with Crippen LogP contribution in [0.25, 0.3) is 0 Å². The third-order valence-corrected chi connectivity index (χ3v) is 6.00. The molecule has 37 heavy (non-hydrogen) atoms. The molecule has 0 saturated carbocycles. The highest BCUT2D eigenvalue weighted by Gasteiger charge is 2.35. The Morgan fingerprint density at radius 2 is 1.76 bits per heavy atom. The number of aromatic nitrogens is 2. The predicted molar refractivity (Wildman–Crippen MR) is 129 cm³/mol. The lowest BCUT2D eigenvalue weighted by Crippen LogP contribution is -2.33. The fourth-order valence-corrected chi connectivity index (χ4v) is 3.92. The van der Waals surface area contributed by atoms with Crippen molar-refractivity contribution in [1.82, 2.24) is 9.55 Å². The van der Waals surface area contributed by atoms with E-state index in [9.17, 15) is 29.3 Å². The highest BCUT2D eigenvalue weighted by atomic mass is 16.6. The Balaban J connectivity index is 1.42. The number of aryl methyl sites for hydroxylation is 1. The second-order valence-corrected chi connectivity index (χ2v) is 8.61. The maximum Gasteiger partial charge on any atom is 0.344 e. The number of nitrogens with zero attached hydrogens (tertiary/aromatic N) is 2. The standard InChI is InChI=1S/C25H23N3O9/c1-14-11-21(27-12-15(2)22(29)26-25(27)32)37-20(14)13-35-23(30)18-5-3-4-6-19(18)24(31)36-17-9-7-16(8-10-17)28(33)34/h3-10,12,14,20-21H,11,13H2,1-2H3,(H,26,29,32)/t14-,20-,21-/m1/s1. The molecule has 3 atom stereocenters. The van der Waals surface area contributed by atoms with Crippen molar-refractivity contribution in [2.24, 2.45) is 5.92 Å². The first-order valence-corrected chi connectivity index (χ1v) is 11.3. The predicted octanol–water partition coefficient (Wildman–Crippen LogP) is 2.75. The van der Waals surface area contributed by atoms with Crippen molar-refractivity contribution >= 4 is 17.6 Å². The average molecular weight is 509 g/mol. The van der Waals surface area contributed by atoms with E-state index in [0.29, 0.717) is 12.0 Å². The minimum absolute atomic E-state index is 0.0240. The quantitative estimate of drug-likeness (QED) is 0.219. The van der Waals surface area contributed by atoms with Gasteiger partial charge in [0.1, 0.15) is 18.6 Å². The number of esters is 2. The topological polar surface area (TPSA) is 160 Å². The third kappa shape index (κ3) is 5.64. The van der Waals surface area contributed by atoms with Gasteiger partial charge in [0.2, 0.25) is 0 Å². The van der Waals surface area contributed by atoms with Gasteiger partial charge in [-0.15, -0.1) is 0 Å². The van der Waals surface area contributed by atoms with Crippen molar-refractivity contribution in [1.29, 1.82) is 0 Å². The van der Waals surface area contributed by atoms with Crippen molar-refractivity contribution in [3.8, 4) is 5.75 Å². The van der Waals surface area contributed by atoms with E-state index in [1.54, 1.807) is 19.1 Å². The normalized spacial score (nSPS) is 18.8. The number of hydrogen-bond acceptors (Lipinski definition) is 9. The Morgan fingerprint density at radius 1 is 1.11 bits per heavy atom. The van der Waals surface area contributed by atoms with Gasteiger partial charge in [0, 0.05) is 23.9 Å². The molecule has 1 fully saturated rings. The summed E-state index contributed by atoms with van der Waals surface area (Å²) >= 11 is 0.